The average Bonchev–Trinajstić information content (AvgIpc) is 2.18. The Morgan fingerprint density at radius 3 is 2.85 bits per heavy atom. The van der Waals surface area contributed by atoms with Gasteiger partial charge in [-0.15, -0.1) is 0 Å². The number of aromatic nitrogens is 1. The van der Waals surface area contributed by atoms with E-state index in [0.29, 0.717) is 5.52 Å². The Balaban J connectivity index is 2.74. The molecule has 1 heterocycles. The molecule has 0 aliphatic carbocycles. The van der Waals surface area contributed by atoms with Gasteiger partial charge in [-0.2, -0.15) is 0 Å². The predicted molar refractivity (Wildman–Crippen MR) is 51.1 cm³/mol. The maximum atomic E-state index is 13.2. The quantitative estimate of drug-likeness (QED) is 0.649. The monoisotopic (exact) mass is 175 g/mol. The van der Waals surface area contributed by atoms with Crippen molar-refractivity contribution in [2.45, 2.75) is 13.3 Å². The smallest absolute Gasteiger partial charge is 0.149 e. The maximum absolute atomic E-state index is 13.2. The van der Waals surface area contributed by atoms with Gasteiger partial charge in [-0.1, -0.05) is 25.1 Å². The van der Waals surface area contributed by atoms with Crippen LogP contribution in [-0.2, 0) is 6.42 Å². The SMILES string of the molecule is CCc1ccc2cccc(F)c2n1. The van der Waals surface area contributed by atoms with E-state index in [9.17, 15) is 4.39 Å². The Labute approximate surface area is 76.2 Å². The highest BCUT2D eigenvalue weighted by Gasteiger charge is 2.01. The van der Waals surface area contributed by atoms with E-state index in [-0.39, 0.29) is 5.82 Å². The lowest BCUT2D eigenvalue weighted by atomic mass is 10.2. The average molecular weight is 175 g/mol. The van der Waals surface area contributed by atoms with Gasteiger partial charge in [-0.05, 0) is 18.6 Å². The summed E-state index contributed by atoms with van der Waals surface area (Å²) in [6.45, 7) is 2.01. The number of hydrogen-bond donors (Lipinski definition) is 0. The van der Waals surface area contributed by atoms with E-state index in [1.807, 2.05) is 25.1 Å². The molecular formula is C11H10FN. The van der Waals surface area contributed by atoms with Gasteiger partial charge < -0.3 is 0 Å². The second-order valence-corrected chi connectivity index (χ2v) is 2.97. The van der Waals surface area contributed by atoms with E-state index >= 15 is 0 Å². The van der Waals surface area contributed by atoms with Gasteiger partial charge in [0.25, 0.3) is 0 Å². The second kappa shape index (κ2) is 3.13. The van der Waals surface area contributed by atoms with E-state index in [4.69, 9.17) is 0 Å². The van der Waals surface area contributed by atoms with Crippen LogP contribution in [0.3, 0.4) is 0 Å². The molecule has 2 aromatic rings. The van der Waals surface area contributed by atoms with Gasteiger partial charge in [0.15, 0.2) is 0 Å². The summed E-state index contributed by atoms with van der Waals surface area (Å²) in [6.07, 6.45) is 0.838. The lowest BCUT2D eigenvalue weighted by Crippen LogP contribution is -1.89. The van der Waals surface area contributed by atoms with Crippen molar-refractivity contribution in [2.75, 3.05) is 0 Å². The van der Waals surface area contributed by atoms with Crippen LogP contribution in [0, 0.1) is 5.82 Å². The molecule has 1 aromatic carbocycles. The summed E-state index contributed by atoms with van der Waals surface area (Å²) in [4.78, 5) is 4.22. The van der Waals surface area contributed by atoms with Crippen molar-refractivity contribution in [3.63, 3.8) is 0 Å². The fourth-order valence-corrected chi connectivity index (χ4v) is 1.35. The highest BCUT2D eigenvalue weighted by atomic mass is 19.1. The van der Waals surface area contributed by atoms with E-state index in [1.54, 1.807) is 6.07 Å². The Morgan fingerprint density at radius 2 is 2.08 bits per heavy atom. The number of para-hydroxylation sites is 1. The number of rotatable bonds is 1. The number of aryl methyl sites for hydroxylation is 1. The molecule has 0 amide bonds. The molecule has 0 radical (unpaired) electrons. The molecule has 13 heavy (non-hydrogen) atoms. The summed E-state index contributed by atoms with van der Waals surface area (Å²) in [5.41, 5.74) is 1.40. The van der Waals surface area contributed by atoms with Crippen LogP contribution < -0.4 is 0 Å². The van der Waals surface area contributed by atoms with Crippen LogP contribution in [0.2, 0.25) is 0 Å². The van der Waals surface area contributed by atoms with Crippen LogP contribution in [0.15, 0.2) is 30.3 Å². The zero-order valence-corrected chi connectivity index (χ0v) is 7.42. The summed E-state index contributed by atoms with van der Waals surface area (Å²) in [5, 5.41) is 0.859. The summed E-state index contributed by atoms with van der Waals surface area (Å²) in [7, 11) is 0. The molecule has 0 saturated heterocycles. The molecule has 0 saturated carbocycles. The van der Waals surface area contributed by atoms with Crippen molar-refractivity contribution in [1.82, 2.24) is 4.98 Å². The van der Waals surface area contributed by atoms with Crippen LogP contribution in [-0.4, -0.2) is 4.98 Å². The minimum atomic E-state index is -0.243. The van der Waals surface area contributed by atoms with Crippen molar-refractivity contribution in [3.8, 4) is 0 Å². The minimum Gasteiger partial charge on any atom is -0.250 e. The fraction of sp³-hybridized carbons (Fsp3) is 0.182. The molecule has 0 bridgehead atoms. The molecule has 0 atom stereocenters. The largest absolute Gasteiger partial charge is 0.250 e. The lowest BCUT2D eigenvalue weighted by molar-refractivity contribution is 0.636. The van der Waals surface area contributed by atoms with Crippen molar-refractivity contribution >= 4 is 10.9 Å². The first kappa shape index (κ1) is 8.17. The van der Waals surface area contributed by atoms with Crippen molar-refractivity contribution in [2.24, 2.45) is 0 Å². The van der Waals surface area contributed by atoms with Crippen LogP contribution >= 0.6 is 0 Å². The molecule has 0 aliphatic rings. The van der Waals surface area contributed by atoms with Gasteiger partial charge in [0.05, 0.1) is 0 Å². The molecule has 0 N–H and O–H groups in total. The first-order chi connectivity index (χ1) is 6.31. The lowest BCUT2D eigenvalue weighted by Gasteiger charge is -2.00. The molecule has 2 rings (SSSR count). The number of halogens is 1. The Kier molecular flexibility index (Phi) is 1.97. The zero-order chi connectivity index (χ0) is 9.26. The molecule has 0 unspecified atom stereocenters. The van der Waals surface area contributed by atoms with Gasteiger partial charge in [0, 0.05) is 11.1 Å². The Hall–Kier alpha value is -1.44. The van der Waals surface area contributed by atoms with E-state index in [0.717, 1.165) is 17.5 Å². The third kappa shape index (κ3) is 1.39. The van der Waals surface area contributed by atoms with E-state index in [2.05, 4.69) is 4.98 Å². The topological polar surface area (TPSA) is 12.9 Å². The van der Waals surface area contributed by atoms with Crippen LogP contribution in [0.4, 0.5) is 4.39 Å². The molecule has 0 fully saturated rings. The predicted octanol–water partition coefficient (Wildman–Crippen LogP) is 2.94. The Morgan fingerprint density at radius 1 is 1.23 bits per heavy atom. The fourth-order valence-electron chi connectivity index (χ4n) is 1.35. The van der Waals surface area contributed by atoms with Crippen molar-refractivity contribution < 1.29 is 4.39 Å². The normalized spacial score (nSPS) is 10.6. The molecule has 0 aliphatic heterocycles. The summed E-state index contributed by atoms with van der Waals surface area (Å²) in [6, 6.07) is 8.84. The van der Waals surface area contributed by atoms with Gasteiger partial charge in [-0.3, -0.25) is 0 Å². The highest BCUT2D eigenvalue weighted by Crippen LogP contribution is 2.15. The minimum absolute atomic E-state index is 0.243. The molecule has 1 nitrogen and oxygen atoms in total. The molecule has 2 heteroatoms. The van der Waals surface area contributed by atoms with Gasteiger partial charge in [0.1, 0.15) is 11.3 Å². The van der Waals surface area contributed by atoms with Gasteiger partial charge in [-0.25, -0.2) is 9.37 Å². The number of fused-ring (bicyclic) bond motifs is 1. The molecular weight excluding hydrogens is 165 g/mol. The highest BCUT2D eigenvalue weighted by molar-refractivity contribution is 5.79. The third-order valence-electron chi connectivity index (χ3n) is 2.09. The van der Waals surface area contributed by atoms with Crippen LogP contribution in [0.1, 0.15) is 12.6 Å². The van der Waals surface area contributed by atoms with Crippen LogP contribution in [0.5, 0.6) is 0 Å². The number of nitrogens with zero attached hydrogens (tertiary/aromatic N) is 1. The number of benzene rings is 1. The number of pyridine rings is 1. The van der Waals surface area contributed by atoms with Crippen molar-refractivity contribution in [3.05, 3.63) is 41.8 Å². The summed E-state index contributed by atoms with van der Waals surface area (Å²) >= 11 is 0. The second-order valence-electron chi connectivity index (χ2n) is 2.97. The zero-order valence-electron chi connectivity index (χ0n) is 7.42. The van der Waals surface area contributed by atoms with Crippen LogP contribution in [0.25, 0.3) is 10.9 Å². The van der Waals surface area contributed by atoms with E-state index < -0.39 is 0 Å². The maximum Gasteiger partial charge on any atom is 0.149 e. The van der Waals surface area contributed by atoms with Gasteiger partial charge >= 0.3 is 0 Å². The summed E-state index contributed by atoms with van der Waals surface area (Å²) < 4.78 is 13.2. The first-order valence-corrected chi connectivity index (χ1v) is 4.35. The third-order valence-corrected chi connectivity index (χ3v) is 2.09. The molecule has 0 spiro atoms. The van der Waals surface area contributed by atoms with Crippen molar-refractivity contribution in [1.29, 1.82) is 0 Å². The summed E-state index contributed by atoms with van der Waals surface area (Å²) in [5.74, 6) is -0.243. The molecule has 66 valence electrons. The van der Waals surface area contributed by atoms with Gasteiger partial charge in [0.2, 0.25) is 0 Å². The number of hydrogen-bond acceptors (Lipinski definition) is 1. The first-order valence-electron chi connectivity index (χ1n) is 4.35. The standard InChI is InChI=1S/C11H10FN/c1-2-9-7-6-8-4-3-5-10(12)11(8)13-9/h3-7H,2H2,1H3. The Bertz CT molecular complexity index is 437. The van der Waals surface area contributed by atoms with E-state index in [1.165, 1.54) is 6.07 Å². The molecule has 1 aromatic heterocycles.